The molecule has 0 bridgehead atoms. The number of carbonyl (C=O) groups excluding carboxylic acids is 8. The van der Waals surface area contributed by atoms with Gasteiger partial charge in [0.15, 0.2) is 23.0 Å². The molecule has 20 heterocycles. The predicted octanol–water partition coefficient (Wildman–Crippen LogP) is 11.9. The maximum atomic E-state index is 13.0. The molecule has 16 aromatic rings. The van der Waals surface area contributed by atoms with Crippen LogP contribution in [-0.2, 0) is 9.59 Å². The van der Waals surface area contributed by atoms with Crippen molar-refractivity contribution >= 4 is 76.9 Å². The van der Waals surface area contributed by atoms with Gasteiger partial charge in [-0.3, -0.25) is 87.8 Å². The molecule has 12 N–H and O–H groups in total. The monoisotopic (exact) mass is 1860 g/mol. The maximum Gasteiger partial charge on any atom is 0.317 e. The van der Waals surface area contributed by atoms with Gasteiger partial charge in [0.05, 0.1) is 117 Å². The van der Waals surface area contributed by atoms with E-state index in [1.165, 1.54) is 0 Å². The third-order valence-corrected chi connectivity index (χ3v) is 22.2. The van der Waals surface area contributed by atoms with Crippen LogP contribution in [0.1, 0.15) is 120 Å². The smallest absolute Gasteiger partial charge is 0.317 e. The molecule has 4 aliphatic heterocycles. The maximum absolute atomic E-state index is 13.0. The number of anilines is 4. The largest absolute Gasteiger partial charge is 0.483 e. The fourth-order valence-corrected chi connectivity index (χ4v) is 14.7. The van der Waals surface area contributed by atoms with Gasteiger partial charge < -0.3 is 79.6 Å². The summed E-state index contributed by atoms with van der Waals surface area (Å²) < 4.78 is 29.9. The fourth-order valence-electron chi connectivity index (χ4n) is 14.7. The Morgan fingerprint density at radius 1 is 0.409 bits per heavy atom. The molecule has 21 rings (SSSR count). The third kappa shape index (κ3) is 21.8. The molecule has 0 unspecified atom stereocenters. The number of pyridine rings is 4. The van der Waals surface area contributed by atoms with Crippen LogP contribution in [0, 0.1) is 0 Å². The molecule has 700 valence electrons. The molecule has 1 saturated carbocycles. The van der Waals surface area contributed by atoms with Gasteiger partial charge in [0.25, 0.3) is 30.1 Å². The van der Waals surface area contributed by atoms with Gasteiger partial charge in [0, 0.05) is 152 Å². The van der Waals surface area contributed by atoms with Gasteiger partial charge in [-0.05, 0) is 137 Å². The SMILES string of the molecule is CC(=O)N1CC(n2cc(NC(=O)c3ccc(-c4cn[nH]c4)o3)c(-c3ccccn3)n2)C1.CC(C)(C)NC(=O)N1CC(n2cc(NC(=O)c3ccc(-c4cn[nH]c4)o3)c(-c3ccccn3)n2)C1.CCCNC(=O)N1CC(n2cc(NC(=O)c3ccc(-c4cn[nH]c4)o3)c(-c3ccccn3)n2)C1.O=C(Nc1cn(C2CN(C(=O)NC3CC3)C2)nc1-c1ccccn1)c1ccc(-c2cn[nH]c2)o1.O=CO. The zero-order valence-electron chi connectivity index (χ0n) is 74.4. The molecule has 11 amide bonds. The van der Waals surface area contributed by atoms with Gasteiger partial charge in [-0.1, -0.05) is 31.2 Å². The average Bonchev–Trinajstić information content (AvgIpc) is 1.65. The summed E-state index contributed by atoms with van der Waals surface area (Å²) in [6.07, 6.45) is 30.0. The quantitative estimate of drug-likeness (QED) is 0.0265. The van der Waals surface area contributed by atoms with E-state index in [1.807, 2.05) is 100 Å². The fraction of sp³-hybridized carbons (Fsp3) is 0.250. The topological polar surface area (TPSA) is 561 Å². The first-order valence-corrected chi connectivity index (χ1v) is 43.6. The lowest BCUT2D eigenvalue weighted by Gasteiger charge is -2.40. The van der Waals surface area contributed by atoms with E-state index in [0.717, 1.165) is 41.5 Å². The van der Waals surface area contributed by atoms with E-state index in [2.05, 4.69) is 108 Å². The first-order chi connectivity index (χ1) is 66.5. The summed E-state index contributed by atoms with van der Waals surface area (Å²) in [6, 6.07) is 35.5. The lowest BCUT2D eigenvalue weighted by Crippen LogP contribution is -2.57. The summed E-state index contributed by atoms with van der Waals surface area (Å²) >= 11 is 0. The number of carboxylic acid groups (broad SMARTS) is 1. The van der Waals surface area contributed by atoms with Crippen LogP contribution in [0.2, 0.25) is 0 Å². The zero-order chi connectivity index (χ0) is 95.2. The molecular formula is C92H93N31O14. The van der Waals surface area contributed by atoms with E-state index in [9.17, 15) is 38.4 Å². The molecule has 4 saturated heterocycles. The van der Waals surface area contributed by atoms with Gasteiger partial charge in [-0.25, -0.2) is 14.4 Å². The Hall–Kier alpha value is -18.0. The van der Waals surface area contributed by atoms with E-state index in [1.54, 1.807) is 193 Å². The Balaban J connectivity index is 0.000000125. The number of H-pyrrole nitrogens is 4. The molecule has 5 fully saturated rings. The molecule has 16 aromatic heterocycles. The number of furan rings is 4. The standard InChI is InChI=1S/C24H26N8O3.C23H22N8O3.C23H24N8O3.C21H19N7O3.CH2O2/c1-24(2,3)29-23(34)31-12-16(13-31)32-14-18(21(30-32)17-6-4-5-9-25-17)28-22(33)20-8-7-19(35-20)15-10-26-27-11-15;32-22(20-7-6-19(34-20)14-9-25-26-10-14)28-18-13-31(29-21(18)17-3-1-2-8-24-17)16-11-30(12-16)23(33)27-15-4-5-15;1-2-8-25-23(33)30-12-16(13-30)31-14-18(21(29-31)17-5-3-4-9-24-17)28-22(32)20-7-6-19(34-20)15-10-26-27-11-15;1-13(29)27-10-15(11-27)28-12-17(20(26-28)16-4-2-3-7-22-16)25-21(30)19-6-5-18(31-19)14-8-23-24-9-14;2-1-3/h4-11,14,16H,12-13H2,1-3H3,(H,26,27)(H,28,33)(H,29,34);1-3,6-10,13,15-16H,4-5,11-12H2,(H,25,26)(H,27,33)(H,28,32);3-7,9-11,14,16H,2,8,12-13H2,1H3,(H,25,33)(H,26,27)(H,28,32);2-9,12,15H,10-11H2,1H3,(H,23,24)(H,25,30);1H,(H,2,3). The number of likely N-dealkylation sites (tertiary alicyclic amines) is 4. The number of urea groups is 3. The molecule has 137 heavy (non-hydrogen) atoms. The van der Waals surface area contributed by atoms with Gasteiger partial charge in [0.1, 0.15) is 45.8 Å². The van der Waals surface area contributed by atoms with E-state index >= 15 is 0 Å². The molecule has 0 atom stereocenters. The first-order valence-electron chi connectivity index (χ1n) is 43.6. The number of aromatic nitrogens is 20. The highest BCUT2D eigenvalue weighted by molar-refractivity contribution is 6.07. The Kier molecular flexibility index (Phi) is 27.1. The van der Waals surface area contributed by atoms with Crippen LogP contribution in [0.3, 0.4) is 0 Å². The molecule has 45 heteroatoms. The van der Waals surface area contributed by atoms with Crippen LogP contribution < -0.4 is 37.2 Å². The van der Waals surface area contributed by atoms with Crippen molar-refractivity contribution in [1.29, 1.82) is 0 Å². The number of carbonyl (C=O) groups is 9. The minimum atomic E-state index is -0.406. The zero-order valence-corrected chi connectivity index (χ0v) is 74.4. The summed E-state index contributed by atoms with van der Waals surface area (Å²) in [7, 11) is 0. The van der Waals surface area contributed by atoms with Gasteiger partial charge >= 0.3 is 18.1 Å². The number of hydrogen-bond acceptors (Lipinski definition) is 25. The van der Waals surface area contributed by atoms with Crippen molar-refractivity contribution < 1.29 is 65.9 Å². The van der Waals surface area contributed by atoms with Crippen LogP contribution in [0.15, 0.2) is 238 Å². The highest BCUT2D eigenvalue weighted by Crippen LogP contribution is 2.38. The van der Waals surface area contributed by atoms with E-state index in [-0.39, 0.29) is 83.2 Å². The van der Waals surface area contributed by atoms with Gasteiger partial charge in [-0.15, -0.1) is 0 Å². The van der Waals surface area contributed by atoms with Crippen molar-refractivity contribution in [2.24, 2.45) is 0 Å². The number of nitrogens with one attached hydrogen (secondary N) is 11. The summed E-state index contributed by atoms with van der Waals surface area (Å²) in [5, 5.41) is 72.5. The Morgan fingerprint density at radius 3 is 0.942 bits per heavy atom. The van der Waals surface area contributed by atoms with Crippen molar-refractivity contribution in [3.8, 4) is 90.8 Å². The van der Waals surface area contributed by atoms with E-state index in [0.29, 0.717) is 156 Å². The Labute approximate surface area is 778 Å². The molecule has 45 nitrogen and oxygen atoms in total. The Morgan fingerprint density at radius 2 is 0.693 bits per heavy atom. The van der Waals surface area contributed by atoms with Crippen molar-refractivity contribution in [2.45, 2.75) is 89.6 Å². The summed E-state index contributed by atoms with van der Waals surface area (Å²) in [4.78, 5) is 133. The van der Waals surface area contributed by atoms with Crippen LogP contribution in [0.4, 0.5) is 37.1 Å². The van der Waals surface area contributed by atoms with Crippen LogP contribution in [0.25, 0.3) is 90.8 Å². The molecule has 0 radical (unpaired) electrons. The second-order valence-corrected chi connectivity index (χ2v) is 33.3. The van der Waals surface area contributed by atoms with Crippen LogP contribution in [-0.4, -0.2) is 249 Å². The van der Waals surface area contributed by atoms with Crippen molar-refractivity contribution in [3.63, 3.8) is 0 Å². The molecule has 0 spiro atoms. The van der Waals surface area contributed by atoms with E-state index in [4.69, 9.17) is 37.8 Å². The molecule has 0 aromatic carbocycles. The summed E-state index contributed by atoms with van der Waals surface area (Å²) in [5.74, 6) is 1.25. The highest BCUT2D eigenvalue weighted by atomic mass is 16.4. The molecular weight excluding hydrogens is 1760 g/mol. The van der Waals surface area contributed by atoms with Crippen LogP contribution >= 0.6 is 0 Å². The summed E-state index contributed by atoms with van der Waals surface area (Å²) in [6.45, 7) is 14.2. The number of rotatable bonds is 23. The van der Waals surface area contributed by atoms with Gasteiger partial charge in [-0.2, -0.15) is 40.8 Å². The van der Waals surface area contributed by atoms with Crippen molar-refractivity contribution in [2.75, 3.05) is 80.2 Å². The molecule has 5 aliphatic rings. The molecule has 1 aliphatic carbocycles. The van der Waals surface area contributed by atoms with E-state index < -0.39 is 23.6 Å². The van der Waals surface area contributed by atoms with Crippen LogP contribution in [0.5, 0.6) is 0 Å². The second-order valence-electron chi connectivity index (χ2n) is 33.3. The number of nitrogens with zero attached hydrogens (tertiary/aromatic N) is 20. The summed E-state index contributed by atoms with van der Waals surface area (Å²) in [5.41, 5.74) is 9.47. The lowest BCUT2D eigenvalue weighted by atomic mass is 10.1. The van der Waals surface area contributed by atoms with Crippen molar-refractivity contribution in [1.82, 2.24) is 135 Å². The third-order valence-electron chi connectivity index (χ3n) is 22.2. The number of amides is 11. The second kappa shape index (κ2) is 40.8. The predicted molar refractivity (Wildman–Crippen MR) is 494 cm³/mol. The minimum Gasteiger partial charge on any atom is -0.483 e. The highest BCUT2D eigenvalue weighted by Gasteiger charge is 2.40. The minimum absolute atomic E-state index is 0.00913. The lowest BCUT2D eigenvalue weighted by molar-refractivity contribution is -0.134. The normalized spacial score (nSPS) is 14.0. The number of aromatic amines is 4. The Bertz CT molecular complexity index is 6820. The van der Waals surface area contributed by atoms with Gasteiger partial charge in [0.2, 0.25) is 5.91 Å². The number of hydrogen-bond donors (Lipinski definition) is 12. The van der Waals surface area contributed by atoms with Crippen molar-refractivity contribution in [3.05, 3.63) is 244 Å². The first kappa shape index (κ1) is 90.9. The average molecular weight is 1860 g/mol.